The van der Waals surface area contributed by atoms with Gasteiger partial charge in [0.2, 0.25) is 5.88 Å². The number of halogens is 3. The van der Waals surface area contributed by atoms with Gasteiger partial charge in [-0.15, -0.1) is 0 Å². The first kappa shape index (κ1) is 12.5. The van der Waals surface area contributed by atoms with Crippen molar-refractivity contribution in [2.75, 3.05) is 0 Å². The molecular formula is C12H11F3N2O. The van der Waals surface area contributed by atoms with Gasteiger partial charge in [-0.1, -0.05) is 12.1 Å². The van der Waals surface area contributed by atoms with E-state index in [4.69, 9.17) is 0 Å². The first-order valence-electron chi connectivity index (χ1n) is 5.21. The number of hydrogen-bond acceptors (Lipinski definition) is 2. The first-order valence-corrected chi connectivity index (χ1v) is 5.21. The first-order chi connectivity index (χ1) is 8.30. The van der Waals surface area contributed by atoms with Gasteiger partial charge in [0.25, 0.3) is 0 Å². The highest BCUT2D eigenvalue weighted by Crippen LogP contribution is 2.32. The molecule has 18 heavy (non-hydrogen) atoms. The van der Waals surface area contributed by atoms with Crippen LogP contribution in [0.4, 0.5) is 13.2 Å². The molecular weight excluding hydrogens is 245 g/mol. The maximum absolute atomic E-state index is 12.4. The monoisotopic (exact) mass is 256 g/mol. The van der Waals surface area contributed by atoms with E-state index in [9.17, 15) is 18.3 Å². The topological polar surface area (TPSA) is 38.0 Å². The highest BCUT2D eigenvalue weighted by molar-refractivity contribution is 5.65. The molecule has 0 radical (unpaired) electrons. The molecule has 3 nitrogen and oxygen atoms in total. The molecule has 0 aliphatic heterocycles. The highest BCUT2D eigenvalue weighted by Gasteiger charge is 2.30. The molecule has 6 heteroatoms. The minimum absolute atomic E-state index is 0.00454. The van der Waals surface area contributed by atoms with Crippen molar-refractivity contribution < 1.29 is 18.3 Å². The van der Waals surface area contributed by atoms with Gasteiger partial charge in [0.1, 0.15) is 0 Å². The molecule has 0 aliphatic carbocycles. The summed E-state index contributed by atoms with van der Waals surface area (Å²) in [7, 11) is 1.57. The van der Waals surface area contributed by atoms with Crippen molar-refractivity contribution in [2.24, 2.45) is 7.05 Å². The molecule has 0 saturated carbocycles. The van der Waals surface area contributed by atoms with Crippen molar-refractivity contribution in [3.8, 4) is 17.1 Å². The summed E-state index contributed by atoms with van der Waals surface area (Å²) in [6.45, 7) is 1.66. The molecule has 0 fully saturated rings. The van der Waals surface area contributed by atoms with Crippen LogP contribution in [0.1, 0.15) is 11.1 Å². The van der Waals surface area contributed by atoms with Gasteiger partial charge in [-0.2, -0.15) is 18.3 Å². The molecule has 2 aromatic rings. The van der Waals surface area contributed by atoms with Crippen molar-refractivity contribution in [2.45, 2.75) is 13.1 Å². The van der Waals surface area contributed by atoms with Crippen LogP contribution < -0.4 is 0 Å². The van der Waals surface area contributed by atoms with E-state index in [2.05, 4.69) is 5.10 Å². The zero-order chi connectivity index (χ0) is 13.5. The minimum atomic E-state index is -4.35. The van der Waals surface area contributed by atoms with E-state index >= 15 is 0 Å². The number of hydrogen-bond donors (Lipinski definition) is 1. The van der Waals surface area contributed by atoms with Gasteiger partial charge >= 0.3 is 6.18 Å². The Labute approximate surface area is 101 Å². The van der Waals surface area contributed by atoms with Gasteiger partial charge in [-0.3, -0.25) is 0 Å². The molecule has 0 unspecified atom stereocenters. The number of alkyl halides is 3. The summed E-state index contributed by atoms with van der Waals surface area (Å²) < 4.78 is 38.5. The van der Waals surface area contributed by atoms with Crippen LogP contribution in [0, 0.1) is 6.92 Å². The summed E-state index contributed by atoms with van der Waals surface area (Å²) >= 11 is 0. The maximum atomic E-state index is 12.4. The van der Waals surface area contributed by atoms with Gasteiger partial charge in [0, 0.05) is 18.2 Å². The molecule has 96 valence electrons. The largest absolute Gasteiger partial charge is 0.493 e. The van der Waals surface area contributed by atoms with Gasteiger partial charge in [-0.05, 0) is 19.1 Å². The molecule has 0 bridgehead atoms. The molecule has 0 aliphatic rings. The fourth-order valence-corrected chi connectivity index (χ4v) is 1.71. The van der Waals surface area contributed by atoms with Crippen LogP contribution in [-0.4, -0.2) is 14.9 Å². The maximum Gasteiger partial charge on any atom is 0.416 e. The predicted octanol–water partition coefficient (Wildman–Crippen LogP) is 3.12. The van der Waals surface area contributed by atoms with Crippen molar-refractivity contribution in [1.82, 2.24) is 9.78 Å². The minimum Gasteiger partial charge on any atom is -0.493 e. The lowest BCUT2D eigenvalue weighted by Gasteiger charge is -2.06. The van der Waals surface area contributed by atoms with Crippen LogP contribution in [0.5, 0.6) is 5.88 Å². The van der Waals surface area contributed by atoms with Crippen LogP contribution in [0.25, 0.3) is 11.3 Å². The Bertz CT molecular complexity index is 570. The third kappa shape index (κ3) is 2.05. The molecule has 0 saturated heterocycles. The van der Waals surface area contributed by atoms with Gasteiger partial charge in [0.15, 0.2) is 0 Å². The number of aryl methyl sites for hydroxylation is 1. The van der Waals surface area contributed by atoms with E-state index < -0.39 is 11.7 Å². The summed E-state index contributed by atoms with van der Waals surface area (Å²) in [6.07, 6.45) is -4.35. The fraction of sp³-hybridized carbons (Fsp3) is 0.250. The Balaban J connectivity index is 2.44. The summed E-state index contributed by atoms with van der Waals surface area (Å²) in [4.78, 5) is 0. The Hall–Kier alpha value is -1.98. The third-order valence-corrected chi connectivity index (χ3v) is 2.73. The Kier molecular flexibility index (Phi) is 2.80. The summed E-state index contributed by atoms with van der Waals surface area (Å²) in [6, 6.07) is 4.69. The van der Waals surface area contributed by atoms with E-state index in [0.717, 1.165) is 12.1 Å². The number of aromatic hydroxyl groups is 1. The lowest BCUT2D eigenvalue weighted by molar-refractivity contribution is -0.137. The third-order valence-electron chi connectivity index (χ3n) is 2.73. The van der Waals surface area contributed by atoms with E-state index in [1.807, 2.05) is 0 Å². The Morgan fingerprint density at radius 2 is 1.72 bits per heavy atom. The molecule has 1 N–H and O–H groups in total. The standard InChI is InChI=1S/C12H11F3N2O/c1-7-10(16-17(2)11(7)18)8-3-5-9(6-4-8)12(13,14)15/h3-6,18H,1-2H3. The second kappa shape index (κ2) is 4.04. The van der Waals surface area contributed by atoms with Crippen molar-refractivity contribution >= 4 is 0 Å². The van der Waals surface area contributed by atoms with E-state index in [0.29, 0.717) is 16.8 Å². The van der Waals surface area contributed by atoms with Crippen molar-refractivity contribution in [3.05, 3.63) is 35.4 Å². The second-order valence-electron chi connectivity index (χ2n) is 4.00. The SMILES string of the molecule is Cc1c(-c2ccc(C(F)(F)F)cc2)nn(C)c1O. The summed E-state index contributed by atoms with van der Waals surface area (Å²) in [5.74, 6) is 0.00454. The zero-order valence-electron chi connectivity index (χ0n) is 9.78. The van der Waals surface area contributed by atoms with Gasteiger partial charge in [-0.25, -0.2) is 4.68 Å². The second-order valence-corrected chi connectivity index (χ2v) is 4.00. The molecule has 1 aromatic carbocycles. The predicted molar refractivity (Wildman–Crippen MR) is 60.0 cm³/mol. The van der Waals surface area contributed by atoms with Gasteiger partial charge in [0.05, 0.1) is 11.3 Å². The number of rotatable bonds is 1. The Morgan fingerprint density at radius 1 is 1.17 bits per heavy atom. The van der Waals surface area contributed by atoms with Crippen LogP contribution >= 0.6 is 0 Å². The Morgan fingerprint density at radius 3 is 2.11 bits per heavy atom. The van der Waals surface area contributed by atoms with Crippen LogP contribution in [0.2, 0.25) is 0 Å². The van der Waals surface area contributed by atoms with Crippen LogP contribution in [-0.2, 0) is 13.2 Å². The van der Waals surface area contributed by atoms with Crippen LogP contribution in [0.3, 0.4) is 0 Å². The lowest BCUT2D eigenvalue weighted by Crippen LogP contribution is -2.04. The number of aromatic nitrogens is 2. The van der Waals surface area contributed by atoms with E-state index in [-0.39, 0.29) is 5.88 Å². The average molecular weight is 256 g/mol. The average Bonchev–Trinajstić information content (AvgIpc) is 2.56. The van der Waals surface area contributed by atoms with Gasteiger partial charge < -0.3 is 5.11 Å². The lowest BCUT2D eigenvalue weighted by atomic mass is 10.1. The molecule has 0 spiro atoms. The normalized spacial score (nSPS) is 11.8. The van der Waals surface area contributed by atoms with Crippen molar-refractivity contribution in [1.29, 1.82) is 0 Å². The molecule has 1 aromatic heterocycles. The molecule has 0 amide bonds. The smallest absolute Gasteiger partial charge is 0.416 e. The summed E-state index contributed by atoms with van der Waals surface area (Å²) in [5, 5.41) is 13.7. The van der Waals surface area contributed by atoms with Crippen LogP contribution in [0.15, 0.2) is 24.3 Å². The van der Waals surface area contributed by atoms with Crippen molar-refractivity contribution in [3.63, 3.8) is 0 Å². The number of benzene rings is 1. The highest BCUT2D eigenvalue weighted by atomic mass is 19.4. The zero-order valence-corrected chi connectivity index (χ0v) is 9.78. The summed E-state index contributed by atoms with van der Waals surface area (Å²) in [5.41, 5.74) is 0.849. The molecule has 1 heterocycles. The quantitative estimate of drug-likeness (QED) is 0.851. The fourth-order valence-electron chi connectivity index (χ4n) is 1.71. The molecule has 0 atom stereocenters. The molecule has 2 rings (SSSR count). The van der Waals surface area contributed by atoms with E-state index in [1.54, 1.807) is 14.0 Å². The number of nitrogens with zero attached hydrogens (tertiary/aromatic N) is 2. The van der Waals surface area contributed by atoms with E-state index in [1.165, 1.54) is 16.8 Å².